The summed E-state index contributed by atoms with van der Waals surface area (Å²) < 4.78 is 32.2. The first kappa shape index (κ1) is 23.9. The van der Waals surface area contributed by atoms with E-state index in [9.17, 15) is 18.0 Å². The summed E-state index contributed by atoms with van der Waals surface area (Å²) in [6.07, 6.45) is 3.24. The summed E-state index contributed by atoms with van der Waals surface area (Å²) in [6, 6.07) is 17.4. The summed E-state index contributed by atoms with van der Waals surface area (Å²) in [5, 5.41) is 2.75. The number of nitrogens with one attached hydrogen (secondary N) is 1. The van der Waals surface area contributed by atoms with Gasteiger partial charge in [0.25, 0.3) is 5.91 Å². The highest BCUT2D eigenvalue weighted by molar-refractivity contribution is 7.87. The summed E-state index contributed by atoms with van der Waals surface area (Å²) in [6.45, 7) is 3.50. The molecule has 3 aromatic carbocycles. The van der Waals surface area contributed by atoms with Crippen LogP contribution in [0.25, 0.3) is 0 Å². The monoisotopic (exact) mass is 489 g/mol. The molecule has 0 spiro atoms. The molecule has 0 saturated carbocycles. The van der Waals surface area contributed by atoms with Crippen LogP contribution >= 0.6 is 0 Å². The molecule has 4 rings (SSSR count). The minimum atomic E-state index is -4.01. The number of rotatable bonds is 7. The third-order valence-corrected chi connectivity index (χ3v) is 6.76. The second-order valence-electron chi connectivity index (χ2n) is 8.05. The first-order valence-electron chi connectivity index (χ1n) is 10.7. The van der Waals surface area contributed by atoms with E-state index in [1.54, 1.807) is 74.3 Å². The molecule has 1 amide bonds. The van der Waals surface area contributed by atoms with Crippen molar-refractivity contribution in [2.45, 2.75) is 18.7 Å². The number of hydrogen-bond acceptors (Lipinski definition) is 6. The van der Waals surface area contributed by atoms with E-state index in [1.807, 2.05) is 6.07 Å². The van der Waals surface area contributed by atoms with Gasteiger partial charge in [-0.1, -0.05) is 12.1 Å². The lowest BCUT2D eigenvalue weighted by molar-refractivity contribution is 0.102. The molecule has 4 aromatic rings. The predicted octanol–water partition coefficient (Wildman–Crippen LogP) is 4.29. The highest BCUT2D eigenvalue weighted by Crippen LogP contribution is 2.23. The molecule has 1 aromatic heterocycles. The maximum Gasteiger partial charge on any atom is 0.339 e. The zero-order valence-electron chi connectivity index (χ0n) is 19.3. The lowest BCUT2D eigenvalue weighted by Gasteiger charge is -2.11. The van der Waals surface area contributed by atoms with E-state index in [0.29, 0.717) is 28.2 Å². The molecule has 0 aliphatic heterocycles. The average molecular weight is 490 g/mol. The Morgan fingerprint density at radius 1 is 0.914 bits per heavy atom. The molecule has 0 radical (unpaired) electrons. The second kappa shape index (κ2) is 9.55. The van der Waals surface area contributed by atoms with Gasteiger partial charge in [-0.2, -0.15) is 8.42 Å². The SMILES string of the molecule is Cc1ccc(C)c(S(=O)(=O)Oc2ccc(C(=O)Nc3ccc(C(=O)c4nccn4C)cc3)cc2)c1. The molecule has 1 N–H and O–H groups in total. The molecule has 0 fully saturated rings. The minimum Gasteiger partial charge on any atom is -0.379 e. The van der Waals surface area contributed by atoms with Gasteiger partial charge in [-0.15, -0.1) is 0 Å². The number of carbonyl (C=O) groups excluding carboxylic acids is 2. The molecule has 9 heteroatoms. The van der Waals surface area contributed by atoms with Gasteiger partial charge in [0.2, 0.25) is 5.78 Å². The van der Waals surface area contributed by atoms with Crippen LogP contribution in [-0.4, -0.2) is 29.7 Å². The smallest absolute Gasteiger partial charge is 0.339 e. The van der Waals surface area contributed by atoms with Gasteiger partial charge in [0, 0.05) is 36.3 Å². The fourth-order valence-electron chi connectivity index (χ4n) is 3.43. The van der Waals surface area contributed by atoms with Crippen molar-refractivity contribution in [2.75, 3.05) is 5.32 Å². The number of carbonyl (C=O) groups is 2. The standard InChI is InChI=1S/C26H23N3O5S/c1-17-4-5-18(2)23(16-17)35(32,33)34-22-12-8-20(9-13-22)26(31)28-21-10-6-19(7-11-21)24(30)25-27-14-15-29(25)3/h4-16H,1-3H3,(H,28,31). The minimum absolute atomic E-state index is 0.0969. The maximum atomic E-state index is 12.7. The molecule has 8 nitrogen and oxygen atoms in total. The van der Waals surface area contributed by atoms with Crippen LogP contribution in [0.3, 0.4) is 0 Å². The highest BCUT2D eigenvalue weighted by Gasteiger charge is 2.20. The molecular formula is C26H23N3O5S. The molecule has 0 aliphatic rings. The molecule has 0 saturated heterocycles. The summed E-state index contributed by atoms with van der Waals surface area (Å²) in [4.78, 5) is 29.3. The third-order valence-electron chi connectivity index (χ3n) is 5.36. The van der Waals surface area contributed by atoms with Crippen molar-refractivity contribution >= 4 is 27.5 Å². The van der Waals surface area contributed by atoms with E-state index in [4.69, 9.17) is 4.18 Å². The van der Waals surface area contributed by atoms with Crippen molar-refractivity contribution in [1.82, 2.24) is 9.55 Å². The number of nitrogens with zero attached hydrogens (tertiary/aromatic N) is 2. The Hall–Kier alpha value is -4.24. The Labute approximate surface area is 203 Å². The molecule has 0 aliphatic carbocycles. The van der Waals surface area contributed by atoms with Crippen LogP contribution in [-0.2, 0) is 17.2 Å². The van der Waals surface area contributed by atoms with E-state index in [1.165, 1.54) is 24.3 Å². The summed E-state index contributed by atoms with van der Waals surface area (Å²) in [5.74, 6) is -0.192. The van der Waals surface area contributed by atoms with Gasteiger partial charge in [-0.25, -0.2) is 4.98 Å². The Balaban J connectivity index is 1.42. The zero-order valence-corrected chi connectivity index (χ0v) is 20.2. The number of amides is 1. The number of imidazole rings is 1. The van der Waals surface area contributed by atoms with Crippen LogP contribution in [0.15, 0.2) is 84.0 Å². The number of aromatic nitrogens is 2. The van der Waals surface area contributed by atoms with Crippen LogP contribution in [0.4, 0.5) is 5.69 Å². The van der Waals surface area contributed by atoms with Gasteiger partial charge in [-0.3, -0.25) is 9.59 Å². The predicted molar refractivity (Wildman–Crippen MR) is 131 cm³/mol. The van der Waals surface area contributed by atoms with Gasteiger partial charge >= 0.3 is 10.1 Å². The van der Waals surface area contributed by atoms with Crippen molar-refractivity contribution < 1.29 is 22.2 Å². The van der Waals surface area contributed by atoms with E-state index in [-0.39, 0.29) is 16.4 Å². The summed E-state index contributed by atoms with van der Waals surface area (Å²) in [7, 11) is -2.27. The topological polar surface area (TPSA) is 107 Å². The van der Waals surface area contributed by atoms with Crippen LogP contribution in [0.5, 0.6) is 5.75 Å². The quantitative estimate of drug-likeness (QED) is 0.307. The van der Waals surface area contributed by atoms with Crippen molar-refractivity contribution in [2.24, 2.45) is 7.05 Å². The van der Waals surface area contributed by atoms with Crippen molar-refractivity contribution in [3.05, 3.63) is 107 Å². The number of hydrogen-bond donors (Lipinski definition) is 1. The van der Waals surface area contributed by atoms with Crippen LogP contribution in [0, 0.1) is 13.8 Å². The van der Waals surface area contributed by atoms with Crippen LogP contribution in [0.1, 0.15) is 37.7 Å². The lowest BCUT2D eigenvalue weighted by Crippen LogP contribution is -2.13. The molecule has 0 unspecified atom stereocenters. The van der Waals surface area contributed by atoms with Gasteiger partial charge < -0.3 is 14.1 Å². The van der Waals surface area contributed by atoms with E-state index in [0.717, 1.165) is 5.56 Å². The molecule has 178 valence electrons. The van der Waals surface area contributed by atoms with Crippen LogP contribution in [0.2, 0.25) is 0 Å². The van der Waals surface area contributed by atoms with Crippen molar-refractivity contribution in [1.29, 1.82) is 0 Å². The average Bonchev–Trinajstić information content (AvgIpc) is 3.26. The lowest BCUT2D eigenvalue weighted by atomic mass is 10.1. The van der Waals surface area contributed by atoms with Crippen molar-refractivity contribution in [3.63, 3.8) is 0 Å². The zero-order chi connectivity index (χ0) is 25.2. The van der Waals surface area contributed by atoms with Gasteiger partial charge in [0.1, 0.15) is 10.6 Å². The molecule has 35 heavy (non-hydrogen) atoms. The first-order chi connectivity index (χ1) is 16.6. The summed E-state index contributed by atoms with van der Waals surface area (Å²) >= 11 is 0. The summed E-state index contributed by atoms with van der Waals surface area (Å²) in [5.41, 5.74) is 2.65. The van der Waals surface area contributed by atoms with Gasteiger partial charge in [0.05, 0.1) is 0 Å². The fraction of sp³-hybridized carbons (Fsp3) is 0.115. The van der Waals surface area contributed by atoms with E-state index >= 15 is 0 Å². The second-order valence-corrected chi connectivity index (χ2v) is 9.57. The number of aryl methyl sites for hydroxylation is 3. The highest BCUT2D eigenvalue weighted by atomic mass is 32.2. The molecule has 0 atom stereocenters. The number of anilines is 1. The molecule has 0 bridgehead atoms. The third kappa shape index (κ3) is 5.30. The maximum absolute atomic E-state index is 12.7. The van der Waals surface area contributed by atoms with E-state index in [2.05, 4.69) is 10.3 Å². The fourth-order valence-corrected chi connectivity index (χ4v) is 4.68. The molecular weight excluding hydrogens is 466 g/mol. The van der Waals surface area contributed by atoms with Gasteiger partial charge in [-0.05, 0) is 79.6 Å². The van der Waals surface area contributed by atoms with Crippen LogP contribution < -0.4 is 9.50 Å². The van der Waals surface area contributed by atoms with Gasteiger partial charge in [0.15, 0.2) is 5.82 Å². The largest absolute Gasteiger partial charge is 0.379 e. The normalized spacial score (nSPS) is 11.2. The Morgan fingerprint density at radius 3 is 2.20 bits per heavy atom. The molecule has 1 heterocycles. The number of benzene rings is 3. The van der Waals surface area contributed by atoms with Crippen molar-refractivity contribution in [3.8, 4) is 5.75 Å². The Kier molecular flexibility index (Phi) is 6.52. The Bertz CT molecular complexity index is 1510. The van der Waals surface area contributed by atoms with E-state index < -0.39 is 16.0 Å². The number of ketones is 1. The first-order valence-corrected chi connectivity index (χ1v) is 12.1. The Morgan fingerprint density at radius 2 is 1.57 bits per heavy atom.